The maximum atomic E-state index is 12.6. The van der Waals surface area contributed by atoms with Crippen LogP contribution in [0.15, 0.2) is 48.7 Å². The van der Waals surface area contributed by atoms with E-state index in [1.807, 2.05) is 12.1 Å². The van der Waals surface area contributed by atoms with Crippen molar-refractivity contribution in [3.63, 3.8) is 0 Å². The lowest BCUT2D eigenvalue weighted by molar-refractivity contribution is -0.114. The van der Waals surface area contributed by atoms with Gasteiger partial charge in [0.25, 0.3) is 5.91 Å². The number of nitrogens with zero attached hydrogens (tertiary/aromatic N) is 2. The number of nitrogens with one attached hydrogen (secondary N) is 2. The number of rotatable bonds is 4. The normalized spacial score (nSPS) is 10.5. The minimum absolute atomic E-state index is 0.202. The Kier molecular flexibility index (Phi) is 5.48. The zero-order chi connectivity index (χ0) is 19.6. The largest absolute Gasteiger partial charge is 0.326 e. The summed E-state index contributed by atoms with van der Waals surface area (Å²) in [6.45, 7) is 3.20. The molecule has 2 N–H and O–H groups in total. The van der Waals surface area contributed by atoms with Crippen molar-refractivity contribution < 1.29 is 9.59 Å². The summed E-state index contributed by atoms with van der Waals surface area (Å²) in [4.78, 5) is 23.8. The summed E-state index contributed by atoms with van der Waals surface area (Å²) in [5, 5.41) is 10.6. The standard InChI is InChI=1S/C19H16Cl2N4O2/c1-11-16(10-22-25(11)15-5-3-4-13(20)8-15)19(27)24-18-7-6-14(9-17(18)21)23-12(2)26/h3-10H,1-2H3,(H,23,26)(H,24,27). The molecule has 0 fully saturated rings. The van der Waals surface area contributed by atoms with Crippen LogP contribution in [-0.4, -0.2) is 21.6 Å². The van der Waals surface area contributed by atoms with Gasteiger partial charge in [-0.15, -0.1) is 0 Å². The fraction of sp³-hybridized carbons (Fsp3) is 0.105. The van der Waals surface area contributed by atoms with Gasteiger partial charge in [0, 0.05) is 17.6 Å². The number of benzene rings is 2. The minimum atomic E-state index is -0.338. The van der Waals surface area contributed by atoms with Crippen LogP contribution in [0, 0.1) is 6.92 Å². The third-order valence-electron chi connectivity index (χ3n) is 3.84. The highest BCUT2D eigenvalue weighted by Gasteiger charge is 2.16. The van der Waals surface area contributed by atoms with E-state index in [4.69, 9.17) is 23.2 Å². The molecule has 0 aliphatic carbocycles. The molecule has 1 heterocycles. The molecule has 0 aliphatic heterocycles. The number of carbonyl (C=O) groups excluding carboxylic acids is 2. The van der Waals surface area contributed by atoms with E-state index in [0.29, 0.717) is 32.7 Å². The molecule has 3 aromatic rings. The molecule has 0 unspecified atom stereocenters. The fourth-order valence-electron chi connectivity index (χ4n) is 2.59. The highest BCUT2D eigenvalue weighted by molar-refractivity contribution is 6.34. The lowest BCUT2D eigenvalue weighted by Gasteiger charge is -2.10. The zero-order valence-corrected chi connectivity index (χ0v) is 16.1. The number of hydrogen-bond donors (Lipinski definition) is 2. The van der Waals surface area contributed by atoms with Crippen molar-refractivity contribution in [3.05, 3.63) is 70.0 Å². The molecule has 6 nitrogen and oxygen atoms in total. The summed E-state index contributed by atoms with van der Waals surface area (Å²) in [6, 6.07) is 12.1. The Morgan fingerprint density at radius 1 is 1.07 bits per heavy atom. The predicted octanol–water partition coefficient (Wildman–Crippen LogP) is 4.70. The molecular formula is C19H16Cl2N4O2. The van der Waals surface area contributed by atoms with Gasteiger partial charge in [-0.2, -0.15) is 5.10 Å². The van der Waals surface area contributed by atoms with Crippen molar-refractivity contribution in [3.8, 4) is 5.69 Å². The van der Waals surface area contributed by atoms with Gasteiger partial charge in [-0.25, -0.2) is 4.68 Å². The van der Waals surface area contributed by atoms with Gasteiger partial charge in [0.15, 0.2) is 0 Å². The van der Waals surface area contributed by atoms with E-state index >= 15 is 0 Å². The quantitative estimate of drug-likeness (QED) is 0.663. The maximum absolute atomic E-state index is 12.6. The Bertz CT molecular complexity index is 1030. The number of halogens is 2. The molecule has 2 amide bonds. The molecule has 8 heteroatoms. The Morgan fingerprint density at radius 2 is 1.85 bits per heavy atom. The van der Waals surface area contributed by atoms with Crippen LogP contribution in [0.2, 0.25) is 10.0 Å². The van der Waals surface area contributed by atoms with E-state index in [9.17, 15) is 9.59 Å². The van der Waals surface area contributed by atoms with Gasteiger partial charge in [0.05, 0.1) is 33.9 Å². The molecule has 0 aliphatic rings. The van der Waals surface area contributed by atoms with Gasteiger partial charge < -0.3 is 10.6 Å². The van der Waals surface area contributed by atoms with Crippen LogP contribution in [0.3, 0.4) is 0 Å². The van der Waals surface area contributed by atoms with E-state index < -0.39 is 0 Å². The SMILES string of the molecule is CC(=O)Nc1ccc(NC(=O)c2cnn(-c3cccc(Cl)c3)c2C)c(Cl)c1. The van der Waals surface area contributed by atoms with Crippen LogP contribution >= 0.6 is 23.2 Å². The average Bonchev–Trinajstić information content (AvgIpc) is 2.98. The van der Waals surface area contributed by atoms with Crippen molar-refractivity contribution in [1.82, 2.24) is 9.78 Å². The second-order valence-electron chi connectivity index (χ2n) is 5.87. The summed E-state index contributed by atoms with van der Waals surface area (Å²) in [6.07, 6.45) is 1.49. The third kappa shape index (κ3) is 4.30. The van der Waals surface area contributed by atoms with E-state index in [1.54, 1.807) is 41.9 Å². The molecular weight excluding hydrogens is 387 g/mol. The third-order valence-corrected chi connectivity index (χ3v) is 4.39. The lowest BCUT2D eigenvalue weighted by atomic mass is 10.2. The van der Waals surface area contributed by atoms with Crippen molar-refractivity contribution in [2.75, 3.05) is 10.6 Å². The van der Waals surface area contributed by atoms with Crippen molar-refractivity contribution in [2.24, 2.45) is 0 Å². The maximum Gasteiger partial charge on any atom is 0.259 e. The summed E-state index contributed by atoms with van der Waals surface area (Å²) < 4.78 is 1.64. The molecule has 0 bridgehead atoms. The second-order valence-corrected chi connectivity index (χ2v) is 6.71. The molecule has 3 rings (SSSR count). The van der Waals surface area contributed by atoms with Gasteiger partial charge in [0.2, 0.25) is 5.91 Å². The number of hydrogen-bond acceptors (Lipinski definition) is 3. The van der Waals surface area contributed by atoms with Crippen LogP contribution in [0.1, 0.15) is 23.0 Å². The van der Waals surface area contributed by atoms with E-state index in [1.165, 1.54) is 13.1 Å². The molecule has 0 spiro atoms. The average molecular weight is 403 g/mol. The summed E-state index contributed by atoms with van der Waals surface area (Å²) in [7, 11) is 0. The van der Waals surface area contributed by atoms with E-state index in [2.05, 4.69) is 15.7 Å². The Hall–Kier alpha value is -2.83. The number of amides is 2. The van der Waals surface area contributed by atoms with Crippen LogP contribution < -0.4 is 10.6 Å². The Balaban J connectivity index is 1.82. The molecule has 0 saturated carbocycles. The molecule has 0 atom stereocenters. The Morgan fingerprint density at radius 3 is 2.52 bits per heavy atom. The number of anilines is 2. The predicted molar refractivity (Wildman–Crippen MR) is 107 cm³/mol. The van der Waals surface area contributed by atoms with Gasteiger partial charge in [-0.3, -0.25) is 9.59 Å². The van der Waals surface area contributed by atoms with Crippen molar-refractivity contribution >= 4 is 46.4 Å². The molecule has 27 heavy (non-hydrogen) atoms. The van der Waals surface area contributed by atoms with Crippen LogP contribution in [0.5, 0.6) is 0 Å². The smallest absolute Gasteiger partial charge is 0.259 e. The minimum Gasteiger partial charge on any atom is -0.326 e. The fourth-order valence-corrected chi connectivity index (χ4v) is 3.00. The molecule has 2 aromatic carbocycles. The topological polar surface area (TPSA) is 76.0 Å². The molecule has 0 radical (unpaired) electrons. The van der Waals surface area contributed by atoms with Crippen LogP contribution in [-0.2, 0) is 4.79 Å². The van der Waals surface area contributed by atoms with Crippen molar-refractivity contribution in [2.45, 2.75) is 13.8 Å². The summed E-state index contributed by atoms with van der Waals surface area (Å²) in [5.41, 5.74) is 2.83. The first-order valence-electron chi connectivity index (χ1n) is 8.04. The highest BCUT2D eigenvalue weighted by atomic mass is 35.5. The first-order chi connectivity index (χ1) is 12.8. The summed E-state index contributed by atoms with van der Waals surface area (Å²) >= 11 is 12.2. The van der Waals surface area contributed by atoms with Crippen molar-refractivity contribution in [1.29, 1.82) is 0 Å². The van der Waals surface area contributed by atoms with Gasteiger partial charge >= 0.3 is 0 Å². The number of carbonyl (C=O) groups is 2. The lowest BCUT2D eigenvalue weighted by Crippen LogP contribution is -2.14. The summed E-state index contributed by atoms with van der Waals surface area (Å²) in [5.74, 6) is -0.540. The molecule has 1 aromatic heterocycles. The van der Waals surface area contributed by atoms with Crippen LogP contribution in [0.25, 0.3) is 5.69 Å². The van der Waals surface area contributed by atoms with Gasteiger partial charge in [-0.1, -0.05) is 29.3 Å². The monoisotopic (exact) mass is 402 g/mol. The van der Waals surface area contributed by atoms with Gasteiger partial charge in [-0.05, 0) is 43.3 Å². The van der Waals surface area contributed by atoms with E-state index in [0.717, 1.165) is 5.69 Å². The molecule has 138 valence electrons. The van der Waals surface area contributed by atoms with E-state index in [-0.39, 0.29) is 11.8 Å². The second kappa shape index (κ2) is 7.82. The Labute approximate surface area is 166 Å². The first-order valence-corrected chi connectivity index (χ1v) is 8.80. The zero-order valence-electron chi connectivity index (χ0n) is 14.6. The first kappa shape index (κ1) is 18.9. The number of aromatic nitrogens is 2. The highest BCUT2D eigenvalue weighted by Crippen LogP contribution is 2.26. The molecule has 0 saturated heterocycles. The van der Waals surface area contributed by atoms with Crippen LogP contribution in [0.4, 0.5) is 11.4 Å². The van der Waals surface area contributed by atoms with Gasteiger partial charge in [0.1, 0.15) is 0 Å².